The van der Waals surface area contributed by atoms with Crippen LogP contribution in [0.1, 0.15) is 11.1 Å². The second kappa shape index (κ2) is 6.15. The van der Waals surface area contributed by atoms with Gasteiger partial charge in [0.1, 0.15) is 5.52 Å². The molecule has 1 aromatic heterocycles. The predicted molar refractivity (Wildman–Crippen MR) is 109 cm³/mol. The van der Waals surface area contributed by atoms with Gasteiger partial charge in [-0.05, 0) is 23.8 Å². The number of benzene rings is 3. The lowest BCUT2D eigenvalue weighted by Crippen LogP contribution is -2.17. The maximum absolute atomic E-state index is 13.1. The first-order valence-corrected chi connectivity index (χ1v) is 9.25. The average molecular weight is 394 g/mol. The fourth-order valence-corrected chi connectivity index (χ4v) is 3.91. The van der Waals surface area contributed by atoms with Crippen molar-refractivity contribution in [3.05, 3.63) is 98.3 Å². The number of ether oxygens (including phenoxy) is 1. The quantitative estimate of drug-likeness (QED) is 0.368. The van der Waals surface area contributed by atoms with Gasteiger partial charge in [0.15, 0.2) is 16.9 Å². The monoisotopic (exact) mass is 393 g/mol. The van der Waals surface area contributed by atoms with Crippen molar-refractivity contribution in [3.8, 4) is 17.2 Å². The van der Waals surface area contributed by atoms with E-state index in [2.05, 4.69) is 0 Å². The molecular formula is C22H13Cl2NO2. The fourth-order valence-electron chi connectivity index (χ4n) is 3.54. The predicted octanol–water partition coefficient (Wildman–Crippen LogP) is 5.99. The first kappa shape index (κ1) is 16.4. The van der Waals surface area contributed by atoms with E-state index in [1.807, 2.05) is 53.2 Å². The molecule has 1 aliphatic heterocycles. The van der Waals surface area contributed by atoms with Crippen molar-refractivity contribution >= 4 is 34.1 Å². The molecule has 0 amide bonds. The van der Waals surface area contributed by atoms with Crippen molar-refractivity contribution in [1.29, 1.82) is 0 Å². The molecule has 2 heterocycles. The van der Waals surface area contributed by atoms with E-state index in [-0.39, 0.29) is 5.43 Å². The van der Waals surface area contributed by atoms with Crippen LogP contribution in [-0.4, -0.2) is 4.57 Å². The third-order valence-electron chi connectivity index (χ3n) is 4.74. The number of hydrogen-bond donors (Lipinski definition) is 0. The molecule has 27 heavy (non-hydrogen) atoms. The number of pyridine rings is 1. The van der Waals surface area contributed by atoms with Crippen LogP contribution in [0.15, 0.2) is 71.7 Å². The maximum atomic E-state index is 13.1. The lowest BCUT2D eigenvalue weighted by Gasteiger charge is -2.24. The Kier molecular flexibility index (Phi) is 3.74. The van der Waals surface area contributed by atoms with Crippen molar-refractivity contribution in [2.24, 2.45) is 0 Å². The van der Waals surface area contributed by atoms with E-state index in [1.54, 1.807) is 18.2 Å². The summed E-state index contributed by atoms with van der Waals surface area (Å²) in [6.45, 7) is 0. The Bertz CT molecular complexity index is 1260. The van der Waals surface area contributed by atoms with Crippen molar-refractivity contribution < 1.29 is 4.74 Å². The van der Waals surface area contributed by atoms with Gasteiger partial charge in [-0.2, -0.15) is 0 Å². The summed E-state index contributed by atoms with van der Waals surface area (Å²) in [5, 5.41) is 1.59. The number of fused-ring (bicyclic) bond motifs is 2. The molecule has 5 heteroatoms. The van der Waals surface area contributed by atoms with Crippen molar-refractivity contribution in [2.75, 3.05) is 0 Å². The maximum Gasteiger partial charge on any atom is 0.193 e. The number of halogens is 2. The van der Waals surface area contributed by atoms with Crippen molar-refractivity contribution in [3.63, 3.8) is 0 Å². The summed E-state index contributed by atoms with van der Waals surface area (Å²) >= 11 is 12.4. The van der Waals surface area contributed by atoms with E-state index in [1.165, 1.54) is 0 Å². The fraction of sp³-hybridized carbons (Fsp3) is 0.0455. The van der Waals surface area contributed by atoms with Gasteiger partial charge >= 0.3 is 0 Å². The van der Waals surface area contributed by atoms with Gasteiger partial charge < -0.3 is 9.30 Å². The Morgan fingerprint density at radius 2 is 1.67 bits per heavy atom. The van der Waals surface area contributed by atoms with Crippen LogP contribution in [-0.2, 0) is 6.42 Å². The van der Waals surface area contributed by atoms with E-state index < -0.39 is 0 Å². The van der Waals surface area contributed by atoms with Gasteiger partial charge in [-0.15, -0.1) is 0 Å². The summed E-state index contributed by atoms with van der Waals surface area (Å²) in [4.78, 5) is 13.1. The van der Waals surface area contributed by atoms with Crippen LogP contribution in [0.3, 0.4) is 0 Å². The van der Waals surface area contributed by atoms with Crippen LogP contribution < -0.4 is 10.2 Å². The van der Waals surface area contributed by atoms with Gasteiger partial charge in [0, 0.05) is 40.4 Å². The van der Waals surface area contributed by atoms with Crippen LogP contribution in [0.5, 0.6) is 11.5 Å². The molecule has 0 atom stereocenters. The van der Waals surface area contributed by atoms with E-state index in [0.717, 1.165) is 16.8 Å². The van der Waals surface area contributed by atoms with E-state index >= 15 is 0 Å². The Hall–Kier alpha value is -2.75. The van der Waals surface area contributed by atoms with Crippen LogP contribution >= 0.6 is 23.2 Å². The first-order chi connectivity index (χ1) is 13.1. The topological polar surface area (TPSA) is 31.2 Å². The van der Waals surface area contributed by atoms with Gasteiger partial charge in [0.25, 0.3) is 0 Å². The zero-order valence-electron chi connectivity index (χ0n) is 14.1. The molecule has 132 valence electrons. The summed E-state index contributed by atoms with van der Waals surface area (Å²) in [6, 6.07) is 18.8. The molecule has 0 saturated carbocycles. The van der Waals surface area contributed by atoms with Gasteiger partial charge in [-0.1, -0.05) is 53.5 Å². The molecule has 0 radical (unpaired) electrons. The minimum Gasteiger partial charge on any atom is -0.453 e. The van der Waals surface area contributed by atoms with Crippen molar-refractivity contribution in [2.45, 2.75) is 6.42 Å². The molecular weight excluding hydrogens is 381 g/mol. The molecule has 0 spiro atoms. The zero-order valence-corrected chi connectivity index (χ0v) is 15.6. The average Bonchev–Trinajstić information content (AvgIpc) is 2.65. The summed E-state index contributed by atoms with van der Waals surface area (Å²) in [6.07, 6.45) is 2.44. The third-order valence-corrected chi connectivity index (χ3v) is 5.19. The number of rotatable bonds is 2. The molecule has 0 bridgehead atoms. The number of aromatic nitrogens is 1. The van der Waals surface area contributed by atoms with Crippen LogP contribution in [0.4, 0.5) is 0 Å². The molecule has 3 aromatic carbocycles. The Balaban J connectivity index is 1.82. The highest BCUT2D eigenvalue weighted by Crippen LogP contribution is 2.42. The lowest BCUT2D eigenvalue weighted by molar-refractivity contribution is 0.474. The van der Waals surface area contributed by atoms with Gasteiger partial charge in [-0.25, -0.2) is 0 Å². The Morgan fingerprint density at radius 3 is 2.48 bits per heavy atom. The van der Waals surface area contributed by atoms with Crippen molar-refractivity contribution in [1.82, 2.24) is 4.57 Å². The first-order valence-electron chi connectivity index (χ1n) is 8.49. The smallest absolute Gasteiger partial charge is 0.193 e. The molecule has 0 fully saturated rings. The highest BCUT2D eigenvalue weighted by Gasteiger charge is 2.23. The minimum absolute atomic E-state index is 0.0325. The molecule has 0 N–H and O–H groups in total. The van der Waals surface area contributed by atoms with E-state index in [4.69, 9.17) is 27.9 Å². The second-order valence-electron chi connectivity index (χ2n) is 6.53. The highest BCUT2D eigenvalue weighted by atomic mass is 35.5. The summed E-state index contributed by atoms with van der Waals surface area (Å²) < 4.78 is 7.99. The van der Waals surface area contributed by atoms with E-state index in [0.29, 0.717) is 38.9 Å². The van der Waals surface area contributed by atoms with Gasteiger partial charge in [-0.3, -0.25) is 4.79 Å². The molecule has 3 nitrogen and oxygen atoms in total. The number of hydrogen-bond acceptors (Lipinski definition) is 2. The minimum atomic E-state index is -0.0325. The molecule has 1 aliphatic rings. The van der Waals surface area contributed by atoms with Crippen LogP contribution in [0, 0.1) is 0 Å². The Labute approximate surface area is 165 Å². The van der Waals surface area contributed by atoms with Crippen LogP contribution in [0.25, 0.3) is 16.6 Å². The summed E-state index contributed by atoms with van der Waals surface area (Å²) in [5.74, 6) is 1.18. The molecule has 0 aliphatic carbocycles. The molecule has 4 aromatic rings. The normalized spacial score (nSPS) is 11.9. The second-order valence-corrected chi connectivity index (χ2v) is 7.40. The standard InChI is InChI=1S/C22H13Cl2NO2/c23-15-6-7-18-19(10-15)27-20-11-16(24)9-17-21(20)25(18)12-14(22(17)26)8-13-4-2-1-3-5-13/h1-7,9-12H,8H2. The summed E-state index contributed by atoms with van der Waals surface area (Å²) in [7, 11) is 0. The summed E-state index contributed by atoms with van der Waals surface area (Å²) in [5.41, 5.74) is 3.30. The van der Waals surface area contributed by atoms with Gasteiger partial charge in [0.2, 0.25) is 0 Å². The lowest BCUT2D eigenvalue weighted by atomic mass is 10.0. The molecule has 5 rings (SSSR count). The zero-order chi connectivity index (χ0) is 18.5. The Morgan fingerprint density at radius 1 is 0.889 bits per heavy atom. The third kappa shape index (κ3) is 2.71. The van der Waals surface area contributed by atoms with Gasteiger partial charge in [0.05, 0.1) is 11.1 Å². The largest absolute Gasteiger partial charge is 0.453 e. The SMILES string of the molecule is O=c1c(Cc2ccccc2)cn2c3c(cc(Cl)cc13)Oc1cc(Cl)ccc1-2. The molecule has 0 saturated heterocycles. The van der Waals surface area contributed by atoms with Crippen LogP contribution in [0.2, 0.25) is 10.0 Å². The highest BCUT2D eigenvalue weighted by molar-refractivity contribution is 6.31. The molecule has 0 unspecified atom stereocenters. The van der Waals surface area contributed by atoms with E-state index in [9.17, 15) is 4.79 Å². The number of nitrogens with zero attached hydrogens (tertiary/aromatic N) is 1.